The van der Waals surface area contributed by atoms with Gasteiger partial charge >= 0.3 is 0 Å². The molecule has 0 fully saturated rings. The number of aromatic nitrogens is 5. The largest absolute Gasteiger partial charge is 0.356 e. The molecule has 0 saturated carbocycles. The molecule has 128 valence electrons. The standard InChI is InChI=1S/C19H15N5OS/c1-11-6-8-13(9-7-11)18-20-21-19-24(18)22-16(26-19)10-15-14-5-3-4-12(2)17(14)25-23-15/h3-9H,10H2,1-2H3. The Morgan fingerprint density at radius 3 is 2.73 bits per heavy atom. The molecule has 5 aromatic rings. The zero-order valence-electron chi connectivity index (χ0n) is 14.3. The van der Waals surface area contributed by atoms with Gasteiger partial charge in [0, 0.05) is 17.4 Å². The average Bonchev–Trinajstić information content (AvgIpc) is 3.32. The number of benzene rings is 2. The molecule has 0 N–H and O–H groups in total. The third-order valence-corrected chi connectivity index (χ3v) is 5.33. The Balaban J connectivity index is 1.54. The minimum atomic E-state index is 0.609. The summed E-state index contributed by atoms with van der Waals surface area (Å²) in [5, 5.41) is 19.5. The highest BCUT2D eigenvalue weighted by Gasteiger charge is 2.16. The molecule has 0 aliphatic heterocycles. The average molecular weight is 361 g/mol. The summed E-state index contributed by atoms with van der Waals surface area (Å²) in [7, 11) is 0. The topological polar surface area (TPSA) is 69.1 Å². The van der Waals surface area contributed by atoms with E-state index in [0.29, 0.717) is 6.42 Å². The van der Waals surface area contributed by atoms with Crippen LogP contribution in [0.3, 0.4) is 0 Å². The molecule has 26 heavy (non-hydrogen) atoms. The minimum Gasteiger partial charge on any atom is -0.356 e. The second-order valence-electron chi connectivity index (χ2n) is 6.34. The van der Waals surface area contributed by atoms with E-state index in [9.17, 15) is 0 Å². The summed E-state index contributed by atoms with van der Waals surface area (Å²) in [6.07, 6.45) is 0.609. The van der Waals surface area contributed by atoms with Gasteiger partial charge in [0.25, 0.3) is 0 Å². The first-order valence-electron chi connectivity index (χ1n) is 8.31. The van der Waals surface area contributed by atoms with Crippen LogP contribution in [0.1, 0.15) is 21.8 Å². The number of hydrogen-bond donors (Lipinski definition) is 0. The van der Waals surface area contributed by atoms with Gasteiger partial charge in [-0.2, -0.15) is 9.61 Å². The summed E-state index contributed by atoms with van der Waals surface area (Å²) < 4.78 is 7.31. The molecule has 0 unspecified atom stereocenters. The van der Waals surface area contributed by atoms with E-state index in [1.807, 2.05) is 37.3 Å². The number of para-hydroxylation sites is 1. The molecule has 0 aliphatic rings. The molecule has 0 aliphatic carbocycles. The third-order valence-electron chi connectivity index (χ3n) is 4.43. The second kappa shape index (κ2) is 5.74. The van der Waals surface area contributed by atoms with Crippen molar-refractivity contribution in [3.8, 4) is 11.4 Å². The quantitative estimate of drug-likeness (QED) is 0.482. The Bertz CT molecular complexity index is 1230. The van der Waals surface area contributed by atoms with Crippen LogP contribution in [0.15, 0.2) is 47.0 Å². The molecule has 0 spiro atoms. The Morgan fingerprint density at radius 2 is 1.88 bits per heavy atom. The fourth-order valence-electron chi connectivity index (χ4n) is 3.03. The smallest absolute Gasteiger partial charge is 0.234 e. The van der Waals surface area contributed by atoms with Crippen molar-refractivity contribution >= 4 is 27.3 Å². The van der Waals surface area contributed by atoms with Gasteiger partial charge in [0.1, 0.15) is 5.01 Å². The van der Waals surface area contributed by atoms with E-state index in [1.165, 1.54) is 16.9 Å². The Kier molecular flexibility index (Phi) is 3.36. The van der Waals surface area contributed by atoms with Crippen LogP contribution in [0, 0.1) is 13.8 Å². The summed E-state index contributed by atoms with van der Waals surface area (Å²) in [4.78, 5) is 0.777. The van der Waals surface area contributed by atoms with E-state index in [0.717, 1.165) is 43.6 Å². The lowest BCUT2D eigenvalue weighted by Crippen LogP contribution is -1.94. The molecule has 0 amide bonds. The molecular formula is C19H15N5OS. The fourth-order valence-corrected chi connectivity index (χ4v) is 3.87. The van der Waals surface area contributed by atoms with Crippen molar-refractivity contribution in [3.05, 3.63) is 64.3 Å². The van der Waals surface area contributed by atoms with Crippen LogP contribution in [-0.4, -0.2) is 25.0 Å². The number of rotatable bonds is 3. The van der Waals surface area contributed by atoms with E-state index in [4.69, 9.17) is 9.62 Å². The van der Waals surface area contributed by atoms with Crippen molar-refractivity contribution in [2.75, 3.05) is 0 Å². The van der Waals surface area contributed by atoms with E-state index in [2.05, 4.69) is 34.4 Å². The molecule has 0 bridgehead atoms. The van der Waals surface area contributed by atoms with Gasteiger partial charge in [-0.05, 0) is 25.5 Å². The maximum absolute atomic E-state index is 5.50. The van der Waals surface area contributed by atoms with Gasteiger partial charge < -0.3 is 4.52 Å². The van der Waals surface area contributed by atoms with Crippen LogP contribution in [0.25, 0.3) is 27.3 Å². The molecule has 3 aromatic heterocycles. The first kappa shape index (κ1) is 15.2. The molecule has 0 atom stereocenters. The number of hydrogen-bond acceptors (Lipinski definition) is 6. The summed E-state index contributed by atoms with van der Waals surface area (Å²) in [5.41, 5.74) is 5.03. The van der Waals surface area contributed by atoms with Crippen LogP contribution in [0.5, 0.6) is 0 Å². The molecule has 0 radical (unpaired) electrons. The van der Waals surface area contributed by atoms with E-state index in [1.54, 1.807) is 4.52 Å². The predicted octanol–water partition coefficient (Wildman–Crippen LogP) is 4.20. The number of fused-ring (bicyclic) bond motifs is 2. The lowest BCUT2D eigenvalue weighted by molar-refractivity contribution is 0.446. The highest BCUT2D eigenvalue weighted by molar-refractivity contribution is 7.16. The highest BCUT2D eigenvalue weighted by atomic mass is 32.1. The van der Waals surface area contributed by atoms with Gasteiger partial charge in [0.2, 0.25) is 4.96 Å². The molecule has 7 heteroatoms. The fraction of sp³-hybridized carbons (Fsp3) is 0.158. The molecule has 6 nitrogen and oxygen atoms in total. The zero-order valence-corrected chi connectivity index (χ0v) is 15.1. The maximum Gasteiger partial charge on any atom is 0.234 e. The zero-order chi connectivity index (χ0) is 17.7. The van der Waals surface area contributed by atoms with Crippen molar-refractivity contribution < 1.29 is 4.52 Å². The first-order chi connectivity index (χ1) is 12.7. The molecule has 3 heterocycles. The van der Waals surface area contributed by atoms with Crippen molar-refractivity contribution in [1.29, 1.82) is 0 Å². The van der Waals surface area contributed by atoms with Crippen molar-refractivity contribution in [1.82, 2.24) is 25.0 Å². The van der Waals surface area contributed by atoms with Gasteiger partial charge in [-0.1, -0.05) is 58.5 Å². The van der Waals surface area contributed by atoms with Gasteiger partial charge in [-0.25, -0.2) is 0 Å². The normalized spacial score (nSPS) is 11.6. The minimum absolute atomic E-state index is 0.609. The summed E-state index contributed by atoms with van der Waals surface area (Å²) >= 11 is 1.52. The maximum atomic E-state index is 5.50. The Labute approximate surface area is 153 Å². The van der Waals surface area contributed by atoms with Gasteiger partial charge in [0.05, 0.1) is 5.69 Å². The number of nitrogens with zero attached hydrogens (tertiary/aromatic N) is 5. The summed E-state index contributed by atoms with van der Waals surface area (Å²) in [6, 6.07) is 14.3. The predicted molar refractivity (Wildman–Crippen MR) is 100 cm³/mol. The van der Waals surface area contributed by atoms with E-state index < -0.39 is 0 Å². The second-order valence-corrected chi connectivity index (χ2v) is 7.38. The number of aryl methyl sites for hydroxylation is 2. The van der Waals surface area contributed by atoms with Crippen LogP contribution < -0.4 is 0 Å². The van der Waals surface area contributed by atoms with Crippen LogP contribution >= 0.6 is 11.3 Å². The van der Waals surface area contributed by atoms with E-state index in [-0.39, 0.29) is 0 Å². The van der Waals surface area contributed by atoms with Crippen molar-refractivity contribution in [2.45, 2.75) is 20.3 Å². The molecule has 5 rings (SSSR count). The first-order valence-corrected chi connectivity index (χ1v) is 9.13. The van der Waals surface area contributed by atoms with Crippen LogP contribution in [0.4, 0.5) is 0 Å². The summed E-state index contributed by atoms with van der Waals surface area (Å²) in [5.74, 6) is 0.753. The Morgan fingerprint density at radius 1 is 1.04 bits per heavy atom. The highest BCUT2D eigenvalue weighted by Crippen LogP contribution is 2.26. The van der Waals surface area contributed by atoms with Crippen molar-refractivity contribution in [3.63, 3.8) is 0 Å². The Hall–Kier alpha value is -3.06. The van der Waals surface area contributed by atoms with Gasteiger partial charge in [0.15, 0.2) is 11.4 Å². The molecule has 0 saturated heterocycles. The van der Waals surface area contributed by atoms with Gasteiger partial charge in [-0.15, -0.1) is 10.2 Å². The summed E-state index contributed by atoms with van der Waals surface area (Å²) in [6.45, 7) is 4.09. The van der Waals surface area contributed by atoms with Crippen LogP contribution in [-0.2, 0) is 6.42 Å². The van der Waals surface area contributed by atoms with Crippen molar-refractivity contribution in [2.24, 2.45) is 0 Å². The molecular weight excluding hydrogens is 346 g/mol. The SMILES string of the molecule is Cc1ccc(-c2nnc3sc(Cc4noc5c(C)cccc45)nn23)cc1. The van der Waals surface area contributed by atoms with E-state index >= 15 is 0 Å². The monoisotopic (exact) mass is 361 g/mol. The van der Waals surface area contributed by atoms with Crippen LogP contribution in [0.2, 0.25) is 0 Å². The lowest BCUT2D eigenvalue weighted by atomic mass is 10.1. The molecule has 2 aromatic carbocycles. The third kappa shape index (κ3) is 2.40. The lowest BCUT2D eigenvalue weighted by Gasteiger charge is -1.97. The van der Waals surface area contributed by atoms with Gasteiger partial charge in [-0.3, -0.25) is 0 Å².